The Morgan fingerprint density at radius 1 is 1.35 bits per heavy atom. The van der Waals surface area contributed by atoms with E-state index in [1.807, 2.05) is 24.3 Å². The fraction of sp³-hybridized carbons (Fsp3) is 0.357. The summed E-state index contributed by atoms with van der Waals surface area (Å²) in [5.74, 6) is -2.06. The first kappa shape index (κ1) is 16.4. The van der Waals surface area contributed by atoms with Gasteiger partial charge in [-0.1, -0.05) is 28.1 Å². The maximum atomic E-state index is 12.0. The van der Waals surface area contributed by atoms with Gasteiger partial charge < -0.3 is 10.1 Å². The van der Waals surface area contributed by atoms with Gasteiger partial charge in [-0.15, -0.1) is 0 Å². The number of hydrogen-bond donors (Lipinski definition) is 1. The molecule has 0 saturated heterocycles. The molecule has 1 amide bonds. The van der Waals surface area contributed by atoms with Crippen LogP contribution >= 0.6 is 15.9 Å². The fourth-order valence-corrected chi connectivity index (χ4v) is 1.98. The van der Waals surface area contributed by atoms with Crippen LogP contribution in [0.2, 0.25) is 0 Å². The first-order chi connectivity index (χ1) is 9.43. The molecule has 1 aromatic carbocycles. The minimum atomic E-state index is -0.977. The summed E-state index contributed by atoms with van der Waals surface area (Å²) in [7, 11) is 0. The SMILES string of the molecule is CCOC(=O)C(=O)NC(C)C(=O)Cc1cccc(Br)c1. The second-order valence-corrected chi connectivity index (χ2v) is 5.10. The van der Waals surface area contributed by atoms with Crippen molar-refractivity contribution in [1.82, 2.24) is 5.32 Å². The van der Waals surface area contributed by atoms with E-state index in [0.717, 1.165) is 10.0 Å². The Morgan fingerprint density at radius 2 is 2.05 bits per heavy atom. The Balaban J connectivity index is 2.55. The molecule has 0 aliphatic carbocycles. The molecule has 6 heteroatoms. The quantitative estimate of drug-likeness (QED) is 0.652. The van der Waals surface area contributed by atoms with Crippen LogP contribution < -0.4 is 5.32 Å². The average molecular weight is 342 g/mol. The molecule has 1 atom stereocenters. The van der Waals surface area contributed by atoms with Crippen molar-refractivity contribution in [2.75, 3.05) is 6.61 Å². The summed E-state index contributed by atoms with van der Waals surface area (Å²) in [4.78, 5) is 34.5. The third kappa shape index (κ3) is 5.13. The van der Waals surface area contributed by atoms with Gasteiger partial charge in [0.05, 0.1) is 12.6 Å². The largest absolute Gasteiger partial charge is 0.459 e. The maximum absolute atomic E-state index is 12.0. The van der Waals surface area contributed by atoms with Gasteiger partial charge >= 0.3 is 11.9 Å². The van der Waals surface area contributed by atoms with Crippen LogP contribution in [-0.2, 0) is 25.5 Å². The van der Waals surface area contributed by atoms with E-state index in [1.165, 1.54) is 6.92 Å². The molecule has 0 fully saturated rings. The Hall–Kier alpha value is -1.69. The number of hydrogen-bond acceptors (Lipinski definition) is 4. The number of benzene rings is 1. The summed E-state index contributed by atoms with van der Waals surface area (Å²) in [5.41, 5.74) is 0.835. The van der Waals surface area contributed by atoms with Crippen molar-refractivity contribution in [3.63, 3.8) is 0 Å². The lowest BCUT2D eigenvalue weighted by Gasteiger charge is -2.12. The van der Waals surface area contributed by atoms with Gasteiger partial charge in [0.2, 0.25) is 0 Å². The fourth-order valence-electron chi connectivity index (χ4n) is 1.53. The lowest BCUT2D eigenvalue weighted by atomic mass is 10.0. The number of ether oxygens (including phenoxy) is 1. The molecule has 0 saturated carbocycles. The minimum Gasteiger partial charge on any atom is -0.459 e. The molecular weight excluding hydrogens is 326 g/mol. The Labute approximate surface area is 125 Å². The monoisotopic (exact) mass is 341 g/mol. The number of esters is 1. The summed E-state index contributed by atoms with van der Waals surface area (Å²) in [5, 5.41) is 2.32. The summed E-state index contributed by atoms with van der Waals surface area (Å²) >= 11 is 3.32. The molecule has 1 rings (SSSR count). The van der Waals surface area contributed by atoms with E-state index in [1.54, 1.807) is 6.92 Å². The summed E-state index contributed by atoms with van der Waals surface area (Å²) in [6.45, 7) is 3.26. The number of halogens is 1. The number of carbonyl (C=O) groups is 3. The van der Waals surface area contributed by atoms with Gasteiger partial charge in [-0.25, -0.2) is 4.79 Å². The van der Waals surface area contributed by atoms with Crippen molar-refractivity contribution in [2.24, 2.45) is 0 Å². The van der Waals surface area contributed by atoms with Gasteiger partial charge in [-0.3, -0.25) is 9.59 Å². The van der Waals surface area contributed by atoms with Crippen LogP contribution in [0, 0.1) is 0 Å². The van der Waals surface area contributed by atoms with Crippen LogP contribution in [0.4, 0.5) is 0 Å². The van der Waals surface area contributed by atoms with Crippen LogP contribution in [0.3, 0.4) is 0 Å². The van der Waals surface area contributed by atoms with Crippen molar-refractivity contribution in [2.45, 2.75) is 26.3 Å². The second-order valence-electron chi connectivity index (χ2n) is 4.19. The van der Waals surface area contributed by atoms with Crippen LogP contribution in [0.15, 0.2) is 28.7 Å². The molecule has 0 aliphatic rings. The van der Waals surface area contributed by atoms with E-state index < -0.39 is 17.9 Å². The number of ketones is 1. The van der Waals surface area contributed by atoms with E-state index in [9.17, 15) is 14.4 Å². The van der Waals surface area contributed by atoms with E-state index in [2.05, 4.69) is 26.0 Å². The van der Waals surface area contributed by atoms with Gasteiger partial charge in [0.25, 0.3) is 0 Å². The second kappa shape index (κ2) is 7.79. The molecule has 108 valence electrons. The van der Waals surface area contributed by atoms with Crippen molar-refractivity contribution in [3.05, 3.63) is 34.3 Å². The Kier molecular flexibility index (Phi) is 6.38. The zero-order valence-corrected chi connectivity index (χ0v) is 12.9. The van der Waals surface area contributed by atoms with Gasteiger partial charge in [0, 0.05) is 10.9 Å². The highest BCUT2D eigenvalue weighted by molar-refractivity contribution is 9.10. The molecule has 1 unspecified atom stereocenters. The molecule has 5 nitrogen and oxygen atoms in total. The molecular formula is C14H16BrNO4. The molecule has 0 bridgehead atoms. The molecule has 20 heavy (non-hydrogen) atoms. The molecule has 0 radical (unpaired) electrons. The van der Waals surface area contributed by atoms with Crippen molar-refractivity contribution in [3.8, 4) is 0 Å². The van der Waals surface area contributed by atoms with Crippen molar-refractivity contribution < 1.29 is 19.1 Å². The van der Waals surface area contributed by atoms with Gasteiger partial charge in [0.15, 0.2) is 5.78 Å². The number of rotatable bonds is 5. The summed E-state index contributed by atoms with van der Waals surface area (Å²) < 4.78 is 5.43. The number of Topliss-reactive ketones (excluding diaryl/α,β-unsaturated/α-hetero) is 1. The van der Waals surface area contributed by atoms with Crippen molar-refractivity contribution >= 4 is 33.6 Å². The number of amides is 1. The molecule has 1 aromatic rings. The zero-order chi connectivity index (χ0) is 15.1. The molecule has 0 spiro atoms. The predicted octanol–water partition coefficient (Wildman–Crippen LogP) is 1.63. The summed E-state index contributed by atoms with van der Waals surface area (Å²) in [6.07, 6.45) is 0.184. The number of nitrogens with one attached hydrogen (secondary N) is 1. The number of carbonyl (C=O) groups excluding carboxylic acids is 3. The predicted molar refractivity (Wildman–Crippen MR) is 77.1 cm³/mol. The molecule has 1 N–H and O–H groups in total. The van der Waals surface area contributed by atoms with E-state index in [-0.39, 0.29) is 18.8 Å². The Bertz CT molecular complexity index is 516. The van der Waals surface area contributed by atoms with E-state index >= 15 is 0 Å². The molecule has 0 aliphatic heterocycles. The minimum absolute atomic E-state index is 0.118. The van der Waals surface area contributed by atoms with Crippen LogP contribution in [0.1, 0.15) is 19.4 Å². The average Bonchev–Trinajstić information content (AvgIpc) is 2.38. The van der Waals surface area contributed by atoms with E-state index in [0.29, 0.717) is 0 Å². The topological polar surface area (TPSA) is 72.5 Å². The highest BCUT2D eigenvalue weighted by atomic mass is 79.9. The normalized spacial score (nSPS) is 11.6. The van der Waals surface area contributed by atoms with Gasteiger partial charge in [-0.2, -0.15) is 0 Å². The lowest BCUT2D eigenvalue weighted by molar-refractivity contribution is -0.155. The summed E-state index contributed by atoms with van der Waals surface area (Å²) in [6, 6.07) is 6.60. The highest BCUT2D eigenvalue weighted by Gasteiger charge is 2.21. The molecule has 0 aromatic heterocycles. The standard InChI is InChI=1S/C14H16BrNO4/c1-3-20-14(19)13(18)16-9(2)12(17)8-10-5-4-6-11(15)7-10/h4-7,9H,3,8H2,1-2H3,(H,16,18). The first-order valence-electron chi connectivity index (χ1n) is 6.18. The first-order valence-corrected chi connectivity index (χ1v) is 6.98. The van der Waals surface area contributed by atoms with Crippen LogP contribution in [0.25, 0.3) is 0 Å². The smallest absolute Gasteiger partial charge is 0.396 e. The Morgan fingerprint density at radius 3 is 2.65 bits per heavy atom. The van der Waals surface area contributed by atoms with Crippen molar-refractivity contribution in [1.29, 1.82) is 0 Å². The van der Waals surface area contributed by atoms with E-state index in [4.69, 9.17) is 0 Å². The maximum Gasteiger partial charge on any atom is 0.396 e. The van der Waals surface area contributed by atoms with Gasteiger partial charge in [0.1, 0.15) is 0 Å². The highest BCUT2D eigenvalue weighted by Crippen LogP contribution is 2.12. The third-order valence-corrected chi connectivity index (χ3v) is 3.05. The third-order valence-electron chi connectivity index (χ3n) is 2.56. The van der Waals surface area contributed by atoms with Crippen LogP contribution in [-0.4, -0.2) is 30.3 Å². The van der Waals surface area contributed by atoms with Crippen LogP contribution in [0.5, 0.6) is 0 Å². The molecule has 0 heterocycles. The van der Waals surface area contributed by atoms with Gasteiger partial charge in [-0.05, 0) is 31.5 Å². The lowest BCUT2D eigenvalue weighted by Crippen LogP contribution is -2.43. The zero-order valence-electron chi connectivity index (χ0n) is 11.3.